The van der Waals surface area contributed by atoms with Gasteiger partial charge in [0.05, 0.1) is 18.4 Å². The number of methoxy groups -OCH3 is 1. The quantitative estimate of drug-likeness (QED) is 0.781. The Balaban J connectivity index is 1.75. The van der Waals surface area contributed by atoms with E-state index in [0.717, 1.165) is 28.4 Å². The number of carbonyl (C=O) groups is 1. The lowest BCUT2D eigenvalue weighted by Crippen LogP contribution is -2.43. The van der Waals surface area contributed by atoms with Crippen molar-refractivity contribution in [3.8, 4) is 11.5 Å². The molecule has 0 bridgehead atoms. The van der Waals surface area contributed by atoms with E-state index < -0.39 is 0 Å². The number of rotatable bonds is 5. The summed E-state index contributed by atoms with van der Waals surface area (Å²) in [5.41, 5.74) is 0.642. The molecule has 5 heteroatoms. The Morgan fingerprint density at radius 3 is 2.69 bits per heavy atom. The van der Waals surface area contributed by atoms with Gasteiger partial charge in [0.15, 0.2) is 0 Å². The van der Waals surface area contributed by atoms with Gasteiger partial charge in [-0.15, -0.1) is 11.8 Å². The second-order valence-electron chi connectivity index (χ2n) is 7.10. The number of thioether (sulfide) groups is 1. The minimum atomic E-state index is -0.354. The van der Waals surface area contributed by atoms with E-state index in [4.69, 9.17) is 9.47 Å². The lowest BCUT2D eigenvalue weighted by atomic mass is 9.89. The highest BCUT2D eigenvalue weighted by atomic mass is 32.2. The molecule has 0 aromatic heterocycles. The molecule has 0 spiro atoms. The second-order valence-corrected chi connectivity index (χ2v) is 8.52. The van der Waals surface area contributed by atoms with Gasteiger partial charge in [-0.1, -0.05) is 18.2 Å². The fraction of sp³-hybridized carbons (Fsp3) is 0.381. The fourth-order valence-corrected chi connectivity index (χ4v) is 4.03. The molecule has 2 aromatic rings. The van der Waals surface area contributed by atoms with Crippen molar-refractivity contribution in [1.29, 1.82) is 0 Å². The van der Waals surface area contributed by atoms with Gasteiger partial charge in [-0.2, -0.15) is 0 Å². The van der Waals surface area contributed by atoms with E-state index in [2.05, 4.69) is 5.32 Å². The van der Waals surface area contributed by atoms with Crippen molar-refractivity contribution in [2.45, 2.75) is 49.0 Å². The molecule has 2 atom stereocenters. The molecule has 0 radical (unpaired) electrons. The first-order chi connectivity index (χ1) is 12.4. The zero-order valence-electron chi connectivity index (χ0n) is 15.6. The average Bonchev–Trinajstić information content (AvgIpc) is 2.61. The third-order valence-corrected chi connectivity index (χ3v) is 5.53. The van der Waals surface area contributed by atoms with Gasteiger partial charge < -0.3 is 14.8 Å². The normalized spacial score (nSPS) is 19.0. The maximum atomic E-state index is 12.8. The van der Waals surface area contributed by atoms with E-state index in [9.17, 15) is 4.79 Å². The summed E-state index contributed by atoms with van der Waals surface area (Å²) >= 11 is 1.56. The van der Waals surface area contributed by atoms with Crippen LogP contribution in [0.5, 0.6) is 11.5 Å². The minimum absolute atomic E-state index is 0.0309. The zero-order chi connectivity index (χ0) is 18.7. The maximum absolute atomic E-state index is 12.8. The Hall–Kier alpha value is -2.14. The summed E-state index contributed by atoms with van der Waals surface area (Å²) < 4.78 is 11.4. The van der Waals surface area contributed by atoms with Crippen molar-refractivity contribution in [3.05, 3.63) is 54.1 Å². The van der Waals surface area contributed by atoms with Crippen LogP contribution in [0.2, 0.25) is 0 Å². The number of hydrogen-bond donors (Lipinski definition) is 1. The van der Waals surface area contributed by atoms with Gasteiger partial charge in [-0.25, -0.2) is 0 Å². The molecule has 2 aromatic carbocycles. The lowest BCUT2D eigenvalue weighted by Gasteiger charge is -2.38. The Bertz CT molecular complexity index is 776. The third kappa shape index (κ3) is 4.33. The summed E-state index contributed by atoms with van der Waals surface area (Å²) in [6.45, 7) is 6.01. The summed E-state index contributed by atoms with van der Waals surface area (Å²) in [4.78, 5) is 13.9. The van der Waals surface area contributed by atoms with Crippen LogP contribution in [-0.2, 0) is 4.79 Å². The van der Waals surface area contributed by atoms with Gasteiger partial charge in [0.1, 0.15) is 17.1 Å². The van der Waals surface area contributed by atoms with Gasteiger partial charge in [-0.3, -0.25) is 4.79 Å². The zero-order valence-corrected chi connectivity index (χ0v) is 16.4. The van der Waals surface area contributed by atoms with Crippen LogP contribution in [0.4, 0.5) is 0 Å². The average molecular weight is 372 g/mol. The van der Waals surface area contributed by atoms with Gasteiger partial charge in [-0.05, 0) is 45.0 Å². The van der Waals surface area contributed by atoms with Crippen LogP contribution >= 0.6 is 11.8 Å². The van der Waals surface area contributed by atoms with E-state index in [0.29, 0.717) is 0 Å². The predicted molar refractivity (Wildman–Crippen MR) is 105 cm³/mol. The van der Waals surface area contributed by atoms with Gasteiger partial charge in [0.25, 0.3) is 0 Å². The van der Waals surface area contributed by atoms with Crippen LogP contribution in [0.3, 0.4) is 0 Å². The monoisotopic (exact) mass is 371 g/mol. The molecule has 1 aliphatic heterocycles. The third-order valence-electron chi connectivity index (χ3n) is 4.42. The highest BCUT2D eigenvalue weighted by molar-refractivity contribution is 8.00. The first-order valence-corrected chi connectivity index (χ1v) is 9.65. The molecular weight excluding hydrogens is 346 g/mol. The van der Waals surface area contributed by atoms with Gasteiger partial charge in [0.2, 0.25) is 5.91 Å². The Morgan fingerprint density at radius 1 is 1.27 bits per heavy atom. The molecule has 1 amide bonds. The molecule has 4 nitrogen and oxygen atoms in total. The maximum Gasteiger partial charge on any atom is 0.233 e. The molecule has 0 fully saturated rings. The largest absolute Gasteiger partial charge is 0.497 e. The first kappa shape index (κ1) is 18.6. The van der Waals surface area contributed by atoms with E-state index in [1.54, 1.807) is 18.9 Å². The van der Waals surface area contributed by atoms with Crippen molar-refractivity contribution < 1.29 is 14.3 Å². The Kier molecular flexibility index (Phi) is 5.47. The minimum Gasteiger partial charge on any atom is -0.497 e. The second kappa shape index (κ2) is 7.62. The molecular formula is C21H25NO3S. The molecule has 0 saturated heterocycles. The number of nitrogens with one attached hydrogen (secondary N) is 1. The lowest BCUT2D eigenvalue weighted by molar-refractivity contribution is -0.121. The van der Waals surface area contributed by atoms with Crippen molar-refractivity contribution in [3.63, 3.8) is 0 Å². The van der Waals surface area contributed by atoms with Crippen molar-refractivity contribution in [1.82, 2.24) is 5.32 Å². The van der Waals surface area contributed by atoms with Crippen molar-refractivity contribution in [2.24, 2.45) is 0 Å². The smallest absolute Gasteiger partial charge is 0.233 e. The van der Waals surface area contributed by atoms with Gasteiger partial charge >= 0.3 is 0 Å². The summed E-state index contributed by atoms with van der Waals surface area (Å²) in [7, 11) is 1.64. The molecule has 26 heavy (non-hydrogen) atoms. The summed E-state index contributed by atoms with van der Waals surface area (Å²) in [5, 5.41) is 3.03. The molecule has 1 aliphatic rings. The molecule has 0 unspecified atom stereocenters. The number of fused-ring (bicyclic) bond motifs is 1. The Labute approximate surface area is 159 Å². The topological polar surface area (TPSA) is 47.6 Å². The number of hydrogen-bond acceptors (Lipinski definition) is 4. The van der Waals surface area contributed by atoms with Crippen LogP contribution in [0.1, 0.15) is 38.8 Å². The van der Waals surface area contributed by atoms with E-state index in [1.165, 1.54) is 0 Å². The van der Waals surface area contributed by atoms with Crippen molar-refractivity contribution >= 4 is 17.7 Å². The predicted octanol–water partition coefficient (Wildman–Crippen LogP) is 4.59. The number of amides is 1. The molecule has 0 saturated carbocycles. The summed E-state index contributed by atoms with van der Waals surface area (Å²) in [6, 6.07) is 15.7. The molecule has 3 rings (SSSR count). The standard InChI is InChI=1S/C21H25NO3S/c1-14(26-16-8-6-5-7-9-16)20(23)22-18-13-21(2,3)25-19-12-15(24-4)10-11-17(18)19/h5-12,14,18H,13H2,1-4H3,(H,22,23)/t14-,18-/m0/s1. The summed E-state index contributed by atoms with van der Waals surface area (Å²) in [5.74, 6) is 1.55. The Morgan fingerprint density at radius 2 is 2.00 bits per heavy atom. The highest BCUT2D eigenvalue weighted by Crippen LogP contribution is 2.41. The first-order valence-electron chi connectivity index (χ1n) is 8.77. The molecule has 1 heterocycles. The molecule has 0 aliphatic carbocycles. The number of ether oxygens (including phenoxy) is 2. The van der Waals surface area contributed by atoms with Crippen LogP contribution in [-0.4, -0.2) is 23.9 Å². The van der Waals surface area contributed by atoms with E-state index >= 15 is 0 Å². The van der Waals surface area contributed by atoms with Crippen LogP contribution < -0.4 is 14.8 Å². The number of benzene rings is 2. The van der Waals surface area contributed by atoms with Crippen LogP contribution in [0.15, 0.2) is 53.4 Å². The fourth-order valence-electron chi connectivity index (χ4n) is 3.13. The van der Waals surface area contributed by atoms with Crippen LogP contribution in [0, 0.1) is 0 Å². The van der Waals surface area contributed by atoms with Crippen LogP contribution in [0.25, 0.3) is 0 Å². The van der Waals surface area contributed by atoms with E-state index in [-0.39, 0.29) is 22.8 Å². The van der Waals surface area contributed by atoms with Gasteiger partial charge in [0, 0.05) is 22.9 Å². The number of carbonyl (C=O) groups excluding carboxylic acids is 1. The SMILES string of the molecule is COc1ccc2c(c1)OC(C)(C)C[C@@H]2NC(=O)[C@H](C)Sc1ccccc1. The van der Waals surface area contributed by atoms with Crippen molar-refractivity contribution in [2.75, 3.05) is 7.11 Å². The summed E-state index contributed by atoms with van der Waals surface area (Å²) in [6.07, 6.45) is 0.723. The van der Waals surface area contributed by atoms with E-state index in [1.807, 2.05) is 69.3 Å². The molecule has 1 N–H and O–H groups in total. The highest BCUT2D eigenvalue weighted by Gasteiger charge is 2.35. The molecule has 138 valence electrons.